The number of aliphatic hydroxyl groups excluding tert-OH is 1. The number of hydrogen-bond acceptors (Lipinski definition) is 5. The normalized spacial score (nSPS) is 10.1. The minimum atomic E-state index is -1.23. The molecule has 1 unspecified atom stereocenters. The van der Waals surface area contributed by atoms with Gasteiger partial charge in [0.25, 0.3) is 0 Å². The average Bonchev–Trinajstić information content (AvgIpc) is 2.70. The molecular formula is C11H20N2O5. The van der Waals surface area contributed by atoms with Gasteiger partial charge in [0.15, 0.2) is 0 Å². The molecule has 7 heteroatoms. The fourth-order valence-electron chi connectivity index (χ4n) is 0.529. The summed E-state index contributed by atoms with van der Waals surface area (Å²) in [6.07, 6.45) is 4.16. The molecule has 104 valence electrons. The lowest BCUT2D eigenvalue weighted by Crippen LogP contribution is -2.13. The average molecular weight is 260 g/mol. The smallest absolute Gasteiger partial charge is 0.332 e. The number of aliphatic carboxylic acids is 1. The van der Waals surface area contributed by atoms with E-state index < -0.39 is 12.1 Å². The van der Waals surface area contributed by atoms with Gasteiger partial charge in [-0.2, -0.15) is 0 Å². The largest absolute Gasteiger partial charge is 0.479 e. The van der Waals surface area contributed by atoms with Gasteiger partial charge in [0.1, 0.15) is 6.10 Å². The molecule has 1 rings (SSSR count). The lowest BCUT2D eigenvalue weighted by Gasteiger charge is -1.89. The molecule has 0 aromatic carbocycles. The van der Waals surface area contributed by atoms with Crippen LogP contribution >= 0.6 is 0 Å². The number of esters is 1. The van der Waals surface area contributed by atoms with E-state index in [2.05, 4.69) is 9.72 Å². The van der Waals surface area contributed by atoms with E-state index >= 15 is 0 Å². The van der Waals surface area contributed by atoms with Gasteiger partial charge < -0.3 is 19.5 Å². The summed E-state index contributed by atoms with van der Waals surface area (Å²) in [6, 6.07) is 0. The van der Waals surface area contributed by atoms with E-state index in [4.69, 9.17) is 10.2 Å². The zero-order valence-electron chi connectivity index (χ0n) is 11.0. The van der Waals surface area contributed by atoms with Crippen molar-refractivity contribution in [1.29, 1.82) is 0 Å². The SMILES string of the molecule is CC(O)C(=O)O.CCOC(C)=O.Cn1ccnc1. The summed E-state index contributed by atoms with van der Waals surface area (Å²) in [5, 5.41) is 15.8. The Labute approximate surface area is 106 Å². The van der Waals surface area contributed by atoms with Crippen molar-refractivity contribution in [2.24, 2.45) is 7.05 Å². The number of aliphatic hydroxyl groups is 1. The van der Waals surface area contributed by atoms with Crippen molar-refractivity contribution in [3.8, 4) is 0 Å². The topological polar surface area (TPSA) is 102 Å². The Morgan fingerprint density at radius 1 is 1.50 bits per heavy atom. The van der Waals surface area contributed by atoms with Crippen molar-refractivity contribution in [2.45, 2.75) is 26.9 Å². The van der Waals surface area contributed by atoms with Gasteiger partial charge in [0.05, 0.1) is 12.9 Å². The summed E-state index contributed by atoms with van der Waals surface area (Å²) in [4.78, 5) is 23.1. The second-order valence-electron chi connectivity index (χ2n) is 3.17. The lowest BCUT2D eigenvalue weighted by atomic mass is 10.4. The van der Waals surface area contributed by atoms with E-state index in [1.807, 2.05) is 17.8 Å². The molecule has 0 saturated carbocycles. The minimum absolute atomic E-state index is 0.211. The molecule has 0 fully saturated rings. The number of ether oxygens (including phenoxy) is 1. The fraction of sp³-hybridized carbons (Fsp3) is 0.545. The highest BCUT2D eigenvalue weighted by atomic mass is 16.5. The van der Waals surface area contributed by atoms with Crippen LogP contribution in [-0.4, -0.2) is 44.4 Å². The summed E-state index contributed by atoms with van der Waals surface area (Å²) in [5.74, 6) is -1.40. The maximum atomic E-state index is 9.82. The third kappa shape index (κ3) is 16.5. The molecule has 0 saturated heterocycles. The Hall–Kier alpha value is -1.89. The number of rotatable bonds is 2. The van der Waals surface area contributed by atoms with E-state index in [-0.39, 0.29) is 5.97 Å². The predicted octanol–water partition coefficient (Wildman–Crippen LogP) is 0.441. The molecule has 0 bridgehead atoms. The van der Waals surface area contributed by atoms with Crippen molar-refractivity contribution in [1.82, 2.24) is 9.55 Å². The number of carboxylic acids is 1. The van der Waals surface area contributed by atoms with Crippen LogP contribution in [0.1, 0.15) is 20.8 Å². The molecule has 7 nitrogen and oxygen atoms in total. The van der Waals surface area contributed by atoms with Crippen LogP contribution in [0.2, 0.25) is 0 Å². The highest BCUT2D eigenvalue weighted by Crippen LogP contribution is 1.74. The van der Waals surface area contributed by atoms with E-state index in [0.717, 1.165) is 0 Å². The second kappa shape index (κ2) is 11.6. The van der Waals surface area contributed by atoms with Crippen LogP contribution in [0.25, 0.3) is 0 Å². The molecule has 0 radical (unpaired) electrons. The van der Waals surface area contributed by atoms with Crippen LogP contribution in [-0.2, 0) is 21.4 Å². The third-order valence-electron chi connectivity index (χ3n) is 1.34. The molecule has 0 aliphatic carbocycles. The predicted molar refractivity (Wildman–Crippen MR) is 64.8 cm³/mol. The number of hydrogen-bond donors (Lipinski definition) is 2. The first kappa shape index (κ1) is 18.5. The Morgan fingerprint density at radius 2 is 2.00 bits per heavy atom. The minimum Gasteiger partial charge on any atom is -0.479 e. The Kier molecular flexibility index (Phi) is 11.9. The summed E-state index contributed by atoms with van der Waals surface area (Å²) in [5.41, 5.74) is 0. The van der Waals surface area contributed by atoms with Gasteiger partial charge in [0, 0.05) is 26.4 Å². The molecule has 0 aliphatic rings. The van der Waals surface area contributed by atoms with Gasteiger partial charge in [-0.15, -0.1) is 0 Å². The van der Waals surface area contributed by atoms with E-state index in [0.29, 0.717) is 6.61 Å². The quantitative estimate of drug-likeness (QED) is 0.748. The fourth-order valence-corrected chi connectivity index (χ4v) is 0.529. The first-order valence-electron chi connectivity index (χ1n) is 5.27. The van der Waals surface area contributed by atoms with Crippen LogP contribution in [0, 0.1) is 0 Å². The zero-order chi connectivity index (χ0) is 14.6. The molecule has 1 heterocycles. The second-order valence-corrected chi connectivity index (χ2v) is 3.17. The van der Waals surface area contributed by atoms with Gasteiger partial charge >= 0.3 is 11.9 Å². The van der Waals surface area contributed by atoms with Crippen LogP contribution < -0.4 is 0 Å². The van der Waals surface area contributed by atoms with E-state index in [1.165, 1.54) is 13.8 Å². The van der Waals surface area contributed by atoms with Gasteiger partial charge in [-0.05, 0) is 13.8 Å². The highest BCUT2D eigenvalue weighted by Gasteiger charge is 2.01. The Balaban J connectivity index is 0. The third-order valence-corrected chi connectivity index (χ3v) is 1.34. The Bertz CT molecular complexity index is 322. The van der Waals surface area contributed by atoms with Crippen LogP contribution in [0.15, 0.2) is 18.7 Å². The summed E-state index contributed by atoms with van der Waals surface area (Å²) >= 11 is 0. The molecule has 0 spiro atoms. The van der Waals surface area contributed by atoms with E-state index in [9.17, 15) is 9.59 Å². The first-order valence-corrected chi connectivity index (χ1v) is 5.27. The van der Waals surface area contributed by atoms with Gasteiger partial charge in [0.2, 0.25) is 0 Å². The number of nitrogens with zero attached hydrogens (tertiary/aromatic N) is 2. The van der Waals surface area contributed by atoms with Crippen molar-refractivity contribution < 1.29 is 24.5 Å². The molecule has 0 aliphatic heterocycles. The number of aromatic nitrogens is 2. The number of carbonyl (C=O) groups excluding carboxylic acids is 1. The molecular weight excluding hydrogens is 240 g/mol. The maximum Gasteiger partial charge on any atom is 0.332 e. The molecule has 2 N–H and O–H groups in total. The van der Waals surface area contributed by atoms with Crippen LogP contribution in [0.4, 0.5) is 0 Å². The van der Waals surface area contributed by atoms with Crippen molar-refractivity contribution in [2.75, 3.05) is 6.61 Å². The van der Waals surface area contributed by atoms with Crippen molar-refractivity contribution in [3.63, 3.8) is 0 Å². The van der Waals surface area contributed by atoms with Crippen molar-refractivity contribution >= 4 is 11.9 Å². The molecule has 1 aromatic heterocycles. The summed E-state index contributed by atoms with van der Waals surface area (Å²) in [6.45, 7) is 4.85. The van der Waals surface area contributed by atoms with Gasteiger partial charge in [-0.3, -0.25) is 4.79 Å². The van der Waals surface area contributed by atoms with Crippen molar-refractivity contribution in [3.05, 3.63) is 18.7 Å². The summed E-state index contributed by atoms with van der Waals surface area (Å²) < 4.78 is 6.29. The lowest BCUT2D eigenvalue weighted by molar-refractivity contribution is -0.145. The highest BCUT2D eigenvalue weighted by molar-refractivity contribution is 5.71. The monoisotopic (exact) mass is 260 g/mol. The maximum absolute atomic E-state index is 9.82. The van der Waals surface area contributed by atoms with Gasteiger partial charge in [-0.1, -0.05) is 0 Å². The molecule has 18 heavy (non-hydrogen) atoms. The standard InChI is InChI=1S/C4H6N2.C4H8O2.C3H6O3/c1-6-3-2-5-4-6;1-3-6-4(2)5;1-2(4)3(5)6/h2-4H,1H3;3H2,1-2H3;2,4H,1H3,(H,5,6). The number of carbonyl (C=O) groups is 2. The first-order chi connectivity index (χ1) is 8.31. The molecule has 1 aromatic rings. The molecule has 0 amide bonds. The number of aryl methyl sites for hydroxylation is 1. The summed E-state index contributed by atoms with van der Waals surface area (Å²) in [7, 11) is 1.94. The van der Waals surface area contributed by atoms with Crippen LogP contribution in [0.5, 0.6) is 0 Å². The number of carboxylic acid groups (broad SMARTS) is 1. The van der Waals surface area contributed by atoms with E-state index in [1.54, 1.807) is 19.4 Å². The van der Waals surface area contributed by atoms with Crippen LogP contribution in [0.3, 0.4) is 0 Å². The van der Waals surface area contributed by atoms with Gasteiger partial charge in [-0.25, -0.2) is 9.78 Å². The Morgan fingerprint density at radius 3 is 2.06 bits per heavy atom. The zero-order valence-corrected chi connectivity index (χ0v) is 11.0. The molecule has 1 atom stereocenters. The number of imidazole rings is 1.